The van der Waals surface area contributed by atoms with E-state index in [9.17, 15) is 4.79 Å². The molecule has 0 spiro atoms. The summed E-state index contributed by atoms with van der Waals surface area (Å²) in [4.78, 5) is 12.8. The van der Waals surface area contributed by atoms with Gasteiger partial charge in [-0.1, -0.05) is 44.8 Å². The second-order valence-corrected chi connectivity index (χ2v) is 6.35. The van der Waals surface area contributed by atoms with Gasteiger partial charge in [0.05, 0.1) is 10.5 Å². The van der Waals surface area contributed by atoms with Gasteiger partial charge in [0.1, 0.15) is 6.10 Å². The number of amides is 1. The van der Waals surface area contributed by atoms with E-state index in [1.807, 2.05) is 0 Å². The summed E-state index contributed by atoms with van der Waals surface area (Å²) in [5.41, 5.74) is 5.44. The van der Waals surface area contributed by atoms with Crippen molar-refractivity contribution >= 4 is 23.1 Å². The highest BCUT2D eigenvalue weighted by atomic mass is 32.1. The zero-order valence-corrected chi connectivity index (χ0v) is 12.4. The van der Waals surface area contributed by atoms with Crippen LogP contribution in [0.25, 0.3) is 0 Å². The first kappa shape index (κ1) is 14.7. The predicted molar refractivity (Wildman–Crippen MR) is 78.9 cm³/mol. The first-order valence-corrected chi connectivity index (χ1v) is 7.69. The van der Waals surface area contributed by atoms with Crippen LogP contribution in [0.15, 0.2) is 0 Å². The van der Waals surface area contributed by atoms with Crippen LogP contribution in [-0.2, 0) is 9.53 Å². The Kier molecular flexibility index (Phi) is 4.79. The number of hydrogen-bond acceptors (Lipinski definition) is 3. The molecule has 0 aromatic rings. The van der Waals surface area contributed by atoms with Crippen molar-refractivity contribution in [3.05, 3.63) is 0 Å². The van der Waals surface area contributed by atoms with E-state index in [-0.39, 0.29) is 17.9 Å². The third-order valence-electron chi connectivity index (χ3n) is 4.44. The summed E-state index contributed by atoms with van der Waals surface area (Å²) in [6.45, 7) is 2.72. The number of nitrogens with one attached hydrogen (secondary N) is 1. The lowest BCUT2D eigenvalue weighted by Crippen LogP contribution is -2.59. The molecule has 0 bridgehead atoms. The molecule has 19 heavy (non-hydrogen) atoms. The van der Waals surface area contributed by atoms with Crippen molar-refractivity contribution in [3.63, 3.8) is 0 Å². The van der Waals surface area contributed by atoms with E-state index in [0.717, 1.165) is 32.1 Å². The highest BCUT2D eigenvalue weighted by Gasteiger charge is 2.39. The Hall–Kier alpha value is -0.680. The molecule has 1 saturated carbocycles. The molecule has 2 fully saturated rings. The summed E-state index contributed by atoms with van der Waals surface area (Å²) >= 11 is 5.23. The topological polar surface area (TPSA) is 64.3 Å². The van der Waals surface area contributed by atoms with E-state index in [4.69, 9.17) is 22.7 Å². The van der Waals surface area contributed by atoms with Crippen molar-refractivity contribution in [2.75, 3.05) is 6.61 Å². The summed E-state index contributed by atoms with van der Waals surface area (Å²) in [6.07, 6.45) is 6.84. The number of carbonyl (C=O) groups excluding carboxylic acids is 1. The number of nitrogens with two attached hydrogens (primary N) is 1. The molecule has 1 aliphatic carbocycles. The van der Waals surface area contributed by atoms with Crippen LogP contribution in [0.2, 0.25) is 0 Å². The number of carbonyl (C=O) groups is 1. The van der Waals surface area contributed by atoms with Gasteiger partial charge in [0, 0.05) is 6.61 Å². The Bertz CT molecular complexity index is 351. The monoisotopic (exact) mass is 284 g/mol. The summed E-state index contributed by atoms with van der Waals surface area (Å²) in [5.74, 6) is 0.230. The Morgan fingerprint density at radius 1 is 1.32 bits per heavy atom. The average Bonchev–Trinajstić information content (AvgIpc) is 2.64. The lowest BCUT2D eigenvalue weighted by molar-refractivity contribution is -0.132. The SMILES string of the molecule is CC1CCOC1C(=O)NC1(C(N)=S)CCCCCC1. The second kappa shape index (κ2) is 6.18. The highest BCUT2D eigenvalue weighted by Crippen LogP contribution is 2.29. The van der Waals surface area contributed by atoms with E-state index in [2.05, 4.69) is 12.2 Å². The lowest BCUT2D eigenvalue weighted by atomic mass is 9.89. The molecule has 1 saturated heterocycles. The Labute approximate surface area is 120 Å². The van der Waals surface area contributed by atoms with E-state index >= 15 is 0 Å². The zero-order valence-electron chi connectivity index (χ0n) is 11.6. The molecular weight excluding hydrogens is 260 g/mol. The van der Waals surface area contributed by atoms with E-state index < -0.39 is 5.54 Å². The number of rotatable bonds is 3. The molecule has 108 valence electrons. The fraction of sp³-hybridized carbons (Fsp3) is 0.857. The van der Waals surface area contributed by atoms with Crippen molar-refractivity contribution in [2.45, 2.75) is 63.5 Å². The third-order valence-corrected chi connectivity index (χ3v) is 4.83. The smallest absolute Gasteiger partial charge is 0.250 e. The number of ether oxygens (including phenoxy) is 1. The highest BCUT2D eigenvalue weighted by molar-refractivity contribution is 7.80. The summed E-state index contributed by atoms with van der Waals surface area (Å²) in [7, 11) is 0. The largest absolute Gasteiger partial charge is 0.391 e. The minimum atomic E-state index is -0.491. The predicted octanol–water partition coefficient (Wildman–Crippen LogP) is 1.91. The van der Waals surface area contributed by atoms with Crippen LogP contribution in [0.1, 0.15) is 51.9 Å². The number of thiocarbonyl (C=S) groups is 1. The Balaban J connectivity index is 2.07. The van der Waals surface area contributed by atoms with Crippen LogP contribution in [-0.4, -0.2) is 29.1 Å². The van der Waals surface area contributed by atoms with Gasteiger partial charge in [-0.15, -0.1) is 0 Å². The van der Waals surface area contributed by atoms with Crippen LogP contribution in [0, 0.1) is 5.92 Å². The molecule has 0 aromatic carbocycles. The van der Waals surface area contributed by atoms with Crippen LogP contribution < -0.4 is 11.1 Å². The van der Waals surface area contributed by atoms with Gasteiger partial charge in [0.25, 0.3) is 0 Å². The fourth-order valence-electron chi connectivity index (χ4n) is 3.10. The molecule has 0 aromatic heterocycles. The fourth-order valence-corrected chi connectivity index (χ4v) is 3.36. The van der Waals surface area contributed by atoms with E-state index in [1.165, 1.54) is 12.8 Å². The molecule has 2 rings (SSSR count). The molecular formula is C14H24N2O2S. The first-order valence-electron chi connectivity index (χ1n) is 7.29. The molecule has 4 nitrogen and oxygen atoms in total. The zero-order chi connectivity index (χ0) is 13.9. The molecule has 3 N–H and O–H groups in total. The number of hydrogen-bond donors (Lipinski definition) is 2. The molecule has 2 atom stereocenters. The van der Waals surface area contributed by atoms with E-state index in [1.54, 1.807) is 0 Å². The van der Waals surface area contributed by atoms with Gasteiger partial charge >= 0.3 is 0 Å². The van der Waals surface area contributed by atoms with Crippen molar-refractivity contribution in [1.29, 1.82) is 0 Å². The van der Waals surface area contributed by atoms with Gasteiger partial charge < -0.3 is 15.8 Å². The van der Waals surface area contributed by atoms with Gasteiger partial charge in [-0.3, -0.25) is 4.79 Å². The van der Waals surface area contributed by atoms with Crippen LogP contribution in [0.5, 0.6) is 0 Å². The van der Waals surface area contributed by atoms with Crippen LogP contribution >= 0.6 is 12.2 Å². The minimum Gasteiger partial charge on any atom is -0.391 e. The maximum atomic E-state index is 12.4. The quantitative estimate of drug-likeness (QED) is 0.614. The van der Waals surface area contributed by atoms with Gasteiger partial charge in [-0.05, 0) is 25.2 Å². The van der Waals surface area contributed by atoms with Gasteiger partial charge in [-0.2, -0.15) is 0 Å². The van der Waals surface area contributed by atoms with Gasteiger partial charge in [-0.25, -0.2) is 0 Å². The van der Waals surface area contributed by atoms with E-state index in [0.29, 0.717) is 11.6 Å². The summed E-state index contributed by atoms with van der Waals surface area (Å²) in [5, 5.41) is 3.11. The Morgan fingerprint density at radius 2 is 1.95 bits per heavy atom. The molecule has 0 radical (unpaired) electrons. The molecule has 1 aliphatic heterocycles. The van der Waals surface area contributed by atoms with Crippen LogP contribution in [0.3, 0.4) is 0 Å². The molecule has 2 aliphatic rings. The molecule has 1 amide bonds. The van der Waals surface area contributed by atoms with Crippen molar-refractivity contribution in [3.8, 4) is 0 Å². The molecule has 1 heterocycles. The maximum absolute atomic E-state index is 12.4. The van der Waals surface area contributed by atoms with Gasteiger partial charge in [0.15, 0.2) is 0 Å². The lowest BCUT2D eigenvalue weighted by Gasteiger charge is -2.34. The molecule has 2 unspecified atom stereocenters. The van der Waals surface area contributed by atoms with Crippen molar-refractivity contribution in [1.82, 2.24) is 5.32 Å². The Morgan fingerprint density at radius 3 is 2.42 bits per heavy atom. The second-order valence-electron chi connectivity index (χ2n) is 5.91. The average molecular weight is 284 g/mol. The standard InChI is InChI=1S/C14H24N2O2S/c1-10-6-9-18-11(10)12(17)16-14(13(15)19)7-4-2-3-5-8-14/h10-11H,2-9H2,1H3,(H2,15,19)(H,16,17). The summed E-state index contributed by atoms with van der Waals surface area (Å²) < 4.78 is 5.53. The van der Waals surface area contributed by atoms with Crippen molar-refractivity contribution in [2.24, 2.45) is 11.7 Å². The third kappa shape index (κ3) is 3.26. The summed E-state index contributed by atoms with van der Waals surface area (Å²) in [6, 6.07) is 0. The normalized spacial score (nSPS) is 30.6. The maximum Gasteiger partial charge on any atom is 0.250 e. The first-order chi connectivity index (χ1) is 9.05. The minimum absolute atomic E-state index is 0.0419. The van der Waals surface area contributed by atoms with Crippen LogP contribution in [0.4, 0.5) is 0 Å². The molecule has 5 heteroatoms. The van der Waals surface area contributed by atoms with Gasteiger partial charge in [0.2, 0.25) is 5.91 Å². The van der Waals surface area contributed by atoms with Crippen molar-refractivity contribution < 1.29 is 9.53 Å².